The predicted molar refractivity (Wildman–Crippen MR) is 62.6 cm³/mol. The molecule has 2 bridgehead atoms. The normalized spacial score (nSPS) is 18.7. The van der Waals surface area contributed by atoms with E-state index in [9.17, 15) is 0 Å². The van der Waals surface area contributed by atoms with Gasteiger partial charge in [0.2, 0.25) is 6.79 Å². The summed E-state index contributed by atoms with van der Waals surface area (Å²) >= 11 is 1.66. The van der Waals surface area contributed by atoms with Crippen LogP contribution in [-0.4, -0.2) is 11.8 Å². The Balaban J connectivity index is 2.02. The quantitative estimate of drug-likeness (QED) is 0.747. The summed E-state index contributed by atoms with van der Waals surface area (Å²) < 4.78 is 10.8. The van der Waals surface area contributed by atoms with E-state index in [4.69, 9.17) is 9.47 Å². The van der Waals surface area contributed by atoms with E-state index in [0.29, 0.717) is 6.79 Å². The Morgan fingerprint density at radius 2 is 2.12 bits per heavy atom. The van der Waals surface area contributed by atoms with Gasteiger partial charge >= 0.3 is 0 Å². The highest BCUT2D eigenvalue weighted by molar-refractivity contribution is 7.09. The molecular weight excluding hydrogens is 222 g/mol. The van der Waals surface area contributed by atoms with Crippen molar-refractivity contribution in [2.24, 2.45) is 0 Å². The fourth-order valence-corrected chi connectivity index (χ4v) is 2.34. The Morgan fingerprint density at radius 3 is 2.94 bits per heavy atom. The largest absolute Gasteiger partial charge is 0.461 e. The van der Waals surface area contributed by atoms with Crippen molar-refractivity contribution in [3.63, 3.8) is 0 Å². The maximum atomic E-state index is 5.42. The zero-order valence-electron chi connectivity index (χ0n) is 8.90. The molecular formula is C12H11NO2S. The maximum Gasteiger partial charge on any atom is 0.229 e. The van der Waals surface area contributed by atoms with E-state index in [0.717, 1.165) is 34.2 Å². The topological polar surface area (TPSA) is 31.4 Å². The van der Waals surface area contributed by atoms with Gasteiger partial charge in [-0.3, -0.25) is 0 Å². The Labute approximate surface area is 97.7 Å². The minimum absolute atomic E-state index is 0.314. The second-order valence-electron chi connectivity index (χ2n) is 3.70. The van der Waals surface area contributed by atoms with Gasteiger partial charge in [-0.15, -0.1) is 11.3 Å². The van der Waals surface area contributed by atoms with Gasteiger partial charge in [0.15, 0.2) is 0 Å². The molecule has 1 aromatic heterocycles. The van der Waals surface area contributed by atoms with Crippen molar-refractivity contribution >= 4 is 16.9 Å². The van der Waals surface area contributed by atoms with Crippen molar-refractivity contribution in [3.8, 4) is 0 Å². The van der Waals surface area contributed by atoms with Gasteiger partial charge in [-0.25, -0.2) is 4.98 Å². The number of rotatable bonds is 1. The third kappa shape index (κ3) is 1.76. The van der Waals surface area contributed by atoms with Gasteiger partial charge in [-0.05, 0) is 25.2 Å². The number of thiazole rings is 1. The Bertz CT molecular complexity index is 511. The van der Waals surface area contributed by atoms with Crippen molar-refractivity contribution in [2.75, 3.05) is 6.79 Å². The second kappa shape index (κ2) is 3.79. The first-order valence-corrected chi connectivity index (χ1v) is 5.99. The number of hydrogen-bond donors (Lipinski definition) is 0. The second-order valence-corrected chi connectivity index (χ2v) is 4.76. The SMILES string of the molecule is Cc1nc(C2=CC=C3CC(=C2)OCO3)cs1. The summed E-state index contributed by atoms with van der Waals surface area (Å²) in [6.45, 7) is 2.32. The molecule has 1 aromatic rings. The first-order chi connectivity index (χ1) is 7.81. The molecule has 0 aromatic carbocycles. The summed E-state index contributed by atoms with van der Waals surface area (Å²) in [5.41, 5.74) is 2.09. The number of allylic oxidation sites excluding steroid dienone is 4. The Hall–Kier alpha value is -1.55. The van der Waals surface area contributed by atoms with E-state index >= 15 is 0 Å². The number of aryl methyl sites for hydroxylation is 1. The van der Waals surface area contributed by atoms with Crippen LogP contribution in [0.1, 0.15) is 17.1 Å². The van der Waals surface area contributed by atoms with Crippen molar-refractivity contribution in [2.45, 2.75) is 13.3 Å². The highest BCUT2D eigenvalue weighted by Gasteiger charge is 2.16. The van der Waals surface area contributed by atoms with Crippen molar-refractivity contribution in [1.82, 2.24) is 4.98 Å². The molecule has 0 atom stereocenters. The van der Waals surface area contributed by atoms with Crippen LogP contribution in [0.4, 0.5) is 0 Å². The van der Waals surface area contributed by atoms with Crippen molar-refractivity contribution in [1.29, 1.82) is 0 Å². The zero-order chi connectivity index (χ0) is 11.0. The summed E-state index contributed by atoms with van der Waals surface area (Å²) in [6, 6.07) is 0. The summed E-state index contributed by atoms with van der Waals surface area (Å²) in [5, 5.41) is 3.14. The molecule has 2 heterocycles. The third-order valence-corrected chi connectivity index (χ3v) is 3.29. The van der Waals surface area contributed by atoms with E-state index in [1.54, 1.807) is 11.3 Å². The highest BCUT2D eigenvalue weighted by Crippen LogP contribution is 2.28. The van der Waals surface area contributed by atoms with E-state index in [2.05, 4.69) is 10.4 Å². The third-order valence-electron chi connectivity index (χ3n) is 2.52. The minimum Gasteiger partial charge on any atom is -0.461 e. The molecule has 4 heteroatoms. The molecule has 0 amide bonds. The van der Waals surface area contributed by atoms with Gasteiger partial charge in [-0.1, -0.05) is 0 Å². The molecule has 0 spiro atoms. The lowest BCUT2D eigenvalue weighted by Gasteiger charge is -2.18. The van der Waals surface area contributed by atoms with Crippen molar-refractivity contribution < 1.29 is 9.47 Å². The lowest BCUT2D eigenvalue weighted by Crippen LogP contribution is -2.08. The van der Waals surface area contributed by atoms with Gasteiger partial charge in [0.1, 0.15) is 11.5 Å². The average molecular weight is 233 g/mol. The zero-order valence-corrected chi connectivity index (χ0v) is 9.71. The van der Waals surface area contributed by atoms with Crippen LogP contribution < -0.4 is 0 Å². The van der Waals surface area contributed by atoms with Crippen LogP contribution in [0.25, 0.3) is 5.57 Å². The Kier molecular flexibility index (Phi) is 2.29. The molecule has 1 aliphatic carbocycles. The number of nitrogens with zero attached hydrogens (tertiary/aromatic N) is 1. The van der Waals surface area contributed by atoms with Crippen molar-refractivity contribution in [3.05, 3.63) is 45.8 Å². The molecule has 16 heavy (non-hydrogen) atoms. The van der Waals surface area contributed by atoms with Crippen LogP contribution in [0, 0.1) is 6.92 Å². The van der Waals surface area contributed by atoms with Crippen LogP contribution in [0.15, 0.2) is 35.1 Å². The van der Waals surface area contributed by atoms with Gasteiger partial charge in [0.25, 0.3) is 0 Å². The average Bonchev–Trinajstić information content (AvgIpc) is 2.65. The minimum atomic E-state index is 0.314. The smallest absolute Gasteiger partial charge is 0.229 e. The number of hydrogen-bond acceptors (Lipinski definition) is 4. The van der Waals surface area contributed by atoms with Crippen LogP contribution in [0.3, 0.4) is 0 Å². The summed E-state index contributed by atoms with van der Waals surface area (Å²) in [7, 11) is 0. The number of aromatic nitrogens is 1. The summed E-state index contributed by atoms with van der Waals surface area (Å²) in [4.78, 5) is 4.47. The van der Waals surface area contributed by atoms with E-state index in [1.165, 1.54) is 0 Å². The highest BCUT2D eigenvalue weighted by atomic mass is 32.1. The summed E-state index contributed by atoms with van der Waals surface area (Å²) in [5.74, 6) is 1.91. The van der Waals surface area contributed by atoms with Gasteiger partial charge in [-0.2, -0.15) is 0 Å². The van der Waals surface area contributed by atoms with Crippen LogP contribution >= 0.6 is 11.3 Å². The first kappa shape index (κ1) is 9.66. The Morgan fingerprint density at radius 1 is 1.25 bits per heavy atom. The molecule has 0 saturated carbocycles. The molecule has 3 rings (SSSR count). The molecule has 82 valence electrons. The summed E-state index contributed by atoms with van der Waals surface area (Å²) in [6.07, 6.45) is 6.81. The van der Waals surface area contributed by atoms with E-state index < -0.39 is 0 Å². The lowest BCUT2D eigenvalue weighted by molar-refractivity contribution is -0.0207. The molecule has 1 fully saturated rings. The van der Waals surface area contributed by atoms with Crippen LogP contribution in [0.5, 0.6) is 0 Å². The van der Waals surface area contributed by atoms with E-state index in [1.807, 2.05) is 25.2 Å². The monoisotopic (exact) mass is 233 g/mol. The van der Waals surface area contributed by atoms with Gasteiger partial charge < -0.3 is 9.47 Å². The van der Waals surface area contributed by atoms with Gasteiger partial charge in [0.05, 0.1) is 17.1 Å². The predicted octanol–water partition coefficient (Wildman–Crippen LogP) is 3.01. The fraction of sp³-hybridized carbons (Fsp3) is 0.250. The molecule has 1 aliphatic heterocycles. The van der Waals surface area contributed by atoms with E-state index in [-0.39, 0.29) is 0 Å². The van der Waals surface area contributed by atoms with Crippen LogP contribution in [0.2, 0.25) is 0 Å². The molecule has 2 aliphatic rings. The molecule has 1 saturated heterocycles. The molecule has 0 unspecified atom stereocenters. The maximum absolute atomic E-state index is 5.42. The number of ether oxygens (including phenoxy) is 2. The van der Waals surface area contributed by atoms with Gasteiger partial charge in [0, 0.05) is 11.0 Å². The number of fused-ring (bicyclic) bond motifs is 2. The fourth-order valence-electron chi connectivity index (χ4n) is 1.71. The molecule has 0 radical (unpaired) electrons. The first-order valence-electron chi connectivity index (χ1n) is 5.11. The standard InChI is InChI=1S/C12H11NO2S/c1-8-13-12(6-16-8)9-2-3-10-5-11(4-9)15-7-14-10/h2-4,6H,5,7H2,1H3. The molecule has 3 nitrogen and oxygen atoms in total. The lowest BCUT2D eigenvalue weighted by atomic mass is 10.2. The molecule has 0 N–H and O–H groups in total. The van der Waals surface area contributed by atoms with Crippen LogP contribution in [-0.2, 0) is 9.47 Å².